The Morgan fingerprint density at radius 3 is 2.46 bits per heavy atom. The van der Waals surface area contributed by atoms with Gasteiger partial charge in [-0.05, 0) is 31.2 Å². The first-order chi connectivity index (χ1) is 17.7. The maximum absolute atomic E-state index is 11.7. The van der Waals surface area contributed by atoms with Gasteiger partial charge in [-0.25, -0.2) is 23.5 Å². The van der Waals surface area contributed by atoms with Gasteiger partial charge in [0.05, 0.1) is 17.2 Å². The Hall–Kier alpha value is -2.93. The topological polar surface area (TPSA) is 138 Å². The number of oxazole rings is 1. The quantitative estimate of drug-likeness (QED) is 0.335. The van der Waals surface area contributed by atoms with Crippen molar-refractivity contribution in [1.82, 2.24) is 9.97 Å². The molecule has 9 nitrogen and oxygen atoms in total. The summed E-state index contributed by atoms with van der Waals surface area (Å²) in [5.74, 6) is 0.873. The minimum Gasteiger partial charge on any atom is -0.437 e. The SMILES string of the molecule is CC(OCc1csc(C2(O)CCOCC2)n1)c1nc(-c2ccccc2)c(-c2ccc(S(N)(=O)=O)cc2)o1. The van der Waals surface area contributed by atoms with E-state index in [1.54, 1.807) is 12.1 Å². The average molecular weight is 542 g/mol. The van der Waals surface area contributed by atoms with Gasteiger partial charge >= 0.3 is 0 Å². The zero-order valence-corrected chi connectivity index (χ0v) is 21.8. The molecule has 0 aliphatic carbocycles. The molecule has 1 atom stereocenters. The van der Waals surface area contributed by atoms with Crippen molar-refractivity contribution in [2.24, 2.45) is 5.14 Å². The molecule has 37 heavy (non-hydrogen) atoms. The summed E-state index contributed by atoms with van der Waals surface area (Å²) in [5, 5.41) is 18.7. The van der Waals surface area contributed by atoms with Crippen LogP contribution in [-0.2, 0) is 31.7 Å². The zero-order valence-electron chi connectivity index (χ0n) is 20.2. The lowest BCUT2D eigenvalue weighted by Gasteiger charge is -2.29. The molecule has 2 aromatic carbocycles. The molecule has 0 spiro atoms. The number of rotatable bonds is 8. The third-order valence-corrected chi connectivity index (χ3v) is 8.25. The van der Waals surface area contributed by atoms with E-state index < -0.39 is 21.7 Å². The van der Waals surface area contributed by atoms with Crippen molar-refractivity contribution in [3.63, 3.8) is 0 Å². The van der Waals surface area contributed by atoms with Gasteiger partial charge in [0.15, 0.2) is 5.76 Å². The number of sulfonamides is 1. The number of aromatic nitrogens is 2. The van der Waals surface area contributed by atoms with E-state index in [2.05, 4.69) is 4.98 Å². The molecule has 1 saturated heterocycles. The summed E-state index contributed by atoms with van der Waals surface area (Å²) < 4.78 is 40.9. The normalized spacial score (nSPS) is 16.5. The highest BCUT2D eigenvalue weighted by Crippen LogP contribution is 2.36. The van der Waals surface area contributed by atoms with Crippen molar-refractivity contribution in [1.29, 1.82) is 0 Å². The second-order valence-corrected chi connectivity index (χ2v) is 11.3. The van der Waals surface area contributed by atoms with Crippen LogP contribution < -0.4 is 5.14 Å². The smallest absolute Gasteiger partial charge is 0.238 e. The number of aliphatic hydroxyl groups is 1. The van der Waals surface area contributed by atoms with Gasteiger partial charge in [-0.2, -0.15) is 0 Å². The van der Waals surface area contributed by atoms with Gasteiger partial charge in [0, 0.05) is 42.6 Å². The number of hydrogen-bond acceptors (Lipinski definition) is 9. The highest BCUT2D eigenvalue weighted by Gasteiger charge is 2.34. The summed E-state index contributed by atoms with van der Waals surface area (Å²) >= 11 is 1.42. The highest BCUT2D eigenvalue weighted by atomic mass is 32.2. The molecule has 3 heterocycles. The second kappa shape index (κ2) is 10.4. The monoisotopic (exact) mass is 541 g/mol. The molecule has 1 fully saturated rings. The maximum atomic E-state index is 11.7. The number of benzene rings is 2. The van der Waals surface area contributed by atoms with E-state index in [0.29, 0.717) is 54.0 Å². The summed E-state index contributed by atoms with van der Waals surface area (Å²) in [4.78, 5) is 9.33. The van der Waals surface area contributed by atoms with Crippen LogP contribution in [0, 0.1) is 0 Å². The van der Waals surface area contributed by atoms with Crippen LogP contribution in [0.25, 0.3) is 22.6 Å². The molecule has 11 heteroatoms. The summed E-state index contributed by atoms with van der Waals surface area (Å²) in [6, 6.07) is 15.7. The average Bonchev–Trinajstić information content (AvgIpc) is 3.56. The first-order valence-corrected chi connectivity index (χ1v) is 14.2. The molecule has 2 aromatic heterocycles. The van der Waals surface area contributed by atoms with Crippen LogP contribution >= 0.6 is 11.3 Å². The van der Waals surface area contributed by atoms with E-state index in [0.717, 1.165) is 11.3 Å². The Kier molecular flexibility index (Phi) is 7.26. The lowest BCUT2D eigenvalue weighted by Crippen LogP contribution is -2.33. The predicted molar refractivity (Wildman–Crippen MR) is 138 cm³/mol. The molecular weight excluding hydrogens is 514 g/mol. The molecule has 1 aliphatic rings. The van der Waals surface area contributed by atoms with Gasteiger partial charge in [-0.3, -0.25) is 0 Å². The Labute approximate surface area is 219 Å². The highest BCUT2D eigenvalue weighted by molar-refractivity contribution is 7.89. The lowest BCUT2D eigenvalue weighted by molar-refractivity contribution is -0.0682. The molecule has 0 amide bonds. The standard InChI is InChI=1S/C26H27N3O6S2/c1-17(34-15-20-16-36-25(28-20)26(30)11-13-33-14-12-26)24-29-22(18-5-3-2-4-6-18)23(35-24)19-7-9-21(10-8-19)37(27,31)32/h2-10,16-17,30H,11-15H2,1H3,(H2,27,31,32). The van der Waals surface area contributed by atoms with Crippen molar-refractivity contribution in [3.8, 4) is 22.6 Å². The molecule has 0 saturated carbocycles. The van der Waals surface area contributed by atoms with Crippen LogP contribution in [0.4, 0.5) is 0 Å². The summed E-state index contributed by atoms with van der Waals surface area (Å²) in [7, 11) is -3.81. The first-order valence-electron chi connectivity index (χ1n) is 11.8. The van der Waals surface area contributed by atoms with Crippen LogP contribution in [0.15, 0.2) is 69.3 Å². The van der Waals surface area contributed by atoms with E-state index in [-0.39, 0.29) is 11.5 Å². The molecule has 194 valence electrons. The summed E-state index contributed by atoms with van der Waals surface area (Å²) in [6.45, 7) is 3.10. The van der Waals surface area contributed by atoms with Gasteiger partial charge in [-0.1, -0.05) is 30.3 Å². The number of primary sulfonamides is 1. The first kappa shape index (κ1) is 25.7. The Morgan fingerprint density at radius 2 is 1.78 bits per heavy atom. The largest absolute Gasteiger partial charge is 0.437 e. The fourth-order valence-corrected chi connectivity index (χ4v) is 5.56. The Balaban J connectivity index is 1.37. The number of ether oxygens (including phenoxy) is 2. The van der Waals surface area contributed by atoms with Crippen molar-refractivity contribution >= 4 is 21.4 Å². The maximum Gasteiger partial charge on any atom is 0.238 e. The van der Waals surface area contributed by atoms with Crippen LogP contribution in [0.5, 0.6) is 0 Å². The van der Waals surface area contributed by atoms with Gasteiger partial charge in [0.2, 0.25) is 15.9 Å². The van der Waals surface area contributed by atoms with E-state index in [4.69, 9.17) is 24.0 Å². The fraction of sp³-hybridized carbons (Fsp3) is 0.308. The van der Waals surface area contributed by atoms with E-state index in [9.17, 15) is 13.5 Å². The van der Waals surface area contributed by atoms with Gasteiger partial charge in [-0.15, -0.1) is 11.3 Å². The van der Waals surface area contributed by atoms with Gasteiger partial charge in [0.1, 0.15) is 22.4 Å². The van der Waals surface area contributed by atoms with Crippen LogP contribution in [0.2, 0.25) is 0 Å². The minimum absolute atomic E-state index is 0.0157. The molecular formula is C26H27N3O6S2. The van der Waals surface area contributed by atoms with E-state index >= 15 is 0 Å². The van der Waals surface area contributed by atoms with E-state index in [1.807, 2.05) is 42.6 Å². The predicted octanol–water partition coefficient (Wildman–Crippen LogP) is 4.39. The number of nitrogens with zero attached hydrogens (tertiary/aromatic N) is 2. The van der Waals surface area contributed by atoms with Gasteiger partial charge in [0.25, 0.3) is 0 Å². The molecule has 0 bridgehead atoms. The molecule has 3 N–H and O–H groups in total. The number of nitrogens with two attached hydrogens (primary N) is 1. The number of hydrogen-bond donors (Lipinski definition) is 2. The molecule has 5 rings (SSSR count). The van der Waals surface area contributed by atoms with Crippen LogP contribution in [-0.4, -0.2) is 36.7 Å². The Bertz CT molecular complexity index is 1460. The van der Waals surface area contributed by atoms with Crippen molar-refractivity contribution in [2.75, 3.05) is 13.2 Å². The molecule has 1 aliphatic heterocycles. The zero-order chi connectivity index (χ0) is 26.0. The second-order valence-electron chi connectivity index (χ2n) is 8.91. The Morgan fingerprint density at radius 1 is 1.08 bits per heavy atom. The van der Waals surface area contributed by atoms with Crippen molar-refractivity contribution < 1.29 is 27.4 Å². The molecule has 4 aromatic rings. The van der Waals surface area contributed by atoms with Crippen LogP contribution in [0.1, 0.15) is 42.5 Å². The minimum atomic E-state index is -3.81. The number of thiazole rings is 1. The lowest BCUT2D eigenvalue weighted by atomic mass is 9.95. The molecule has 1 unspecified atom stereocenters. The fourth-order valence-electron chi connectivity index (χ4n) is 4.09. The van der Waals surface area contributed by atoms with Crippen molar-refractivity contribution in [3.05, 3.63) is 76.6 Å². The molecule has 0 radical (unpaired) electrons. The van der Waals surface area contributed by atoms with Crippen molar-refractivity contribution in [2.45, 2.75) is 43.0 Å². The third kappa shape index (κ3) is 5.66. The van der Waals surface area contributed by atoms with E-state index in [1.165, 1.54) is 23.5 Å². The summed E-state index contributed by atoms with van der Waals surface area (Å²) in [6.07, 6.45) is 0.560. The third-order valence-electron chi connectivity index (χ3n) is 6.23. The van der Waals surface area contributed by atoms with Crippen LogP contribution in [0.3, 0.4) is 0 Å². The van der Waals surface area contributed by atoms with Gasteiger partial charge < -0.3 is 19.0 Å². The summed E-state index contributed by atoms with van der Waals surface area (Å²) in [5.41, 5.74) is 1.90.